The molecule has 1 aromatic rings. The van der Waals surface area contributed by atoms with Gasteiger partial charge in [0.15, 0.2) is 11.5 Å². The quantitative estimate of drug-likeness (QED) is 0.107. The predicted octanol–water partition coefficient (Wildman–Crippen LogP) is 1.09. The van der Waals surface area contributed by atoms with Gasteiger partial charge in [0.05, 0.1) is 0 Å². The van der Waals surface area contributed by atoms with Crippen LogP contribution in [0.4, 0.5) is 13.6 Å². The molecule has 8 N–H and O–H groups in total. The summed E-state index contributed by atoms with van der Waals surface area (Å²) < 4.78 is 33.7. The molecule has 0 aliphatic carbocycles. The third-order valence-corrected chi connectivity index (χ3v) is 5.35. The Morgan fingerprint density at radius 1 is 1.08 bits per heavy atom. The molecule has 0 bridgehead atoms. The highest BCUT2D eigenvalue weighted by Crippen LogP contribution is 2.26. The van der Waals surface area contributed by atoms with Gasteiger partial charge in [-0.25, -0.2) is 18.4 Å². The zero-order valence-electron chi connectivity index (χ0n) is 21.6. The maximum atomic E-state index is 14.3. The van der Waals surface area contributed by atoms with Crippen molar-refractivity contribution in [1.29, 1.82) is 0 Å². The Morgan fingerprint density at radius 2 is 1.71 bits per heavy atom. The number of alkyl carbamates (subject to hydrolysis) is 1. The second kappa shape index (κ2) is 15.3. The highest BCUT2D eigenvalue weighted by atomic mass is 19.3. The SMILES string of the molecule is CC(C)C[C@@](NC(=O)OCc1ccccc1)(C(=O)N[C@@H](C)C(=O)N[C@@H](CCCN=C(N)N)C(=O)O)C(F)F. The van der Waals surface area contributed by atoms with E-state index < -0.39 is 60.3 Å². The van der Waals surface area contributed by atoms with E-state index in [4.69, 9.17) is 16.2 Å². The molecule has 3 amide bonds. The van der Waals surface area contributed by atoms with Crippen LogP contribution in [0.1, 0.15) is 45.6 Å². The molecule has 14 heteroatoms. The normalized spacial score (nSPS) is 14.1. The topological polar surface area (TPSA) is 198 Å². The van der Waals surface area contributed by atoms with Gasteiger partial charge in [-0.3, -0.25) is 14.6 Å². The Balaban J connectivity index is 2.93. The van der Waals surface area contributed by atoms with E-state index in [1.165, 1.54) is 6.92 Å². The van der Waals surface area contributed by atoms with Crippen LogP contribution in [0, 0.1) is 5.92 Å². The number of aliphatic imine (C=N–C) groups is 1. The van der Waals surface area contributed by atoms with Gasteiger partial charge < -0.3 is 37.3 Å². The van der Waals surface area contributed by atoms with E-state index in [1.807, 2.05) is 5.32 Å². The summed E-state index contributed by atoms with van der Waals surface area (Å²) >= 11 is 0. The Bertz CT molecular complexity index is 974. The van der Waals surface area contributed by atoms with Crippen LogP contribution in [0.3, 0.4) is 0 Å². The van der Waals surface area contributed by atoms with Crippen LogP contribution in [0.15, 0.2) is 35.3 Å². The molecule has 0 aliphatic rings. The number of ether oxygens (including phenoxy) is 1. The summed E-state index contributed by atoms with van der Waals surface area (Å²) in [6.45, 7) is 4.28. The summed E-state index contributed by atoms with van der Waals surface area (Å²) in [5, 5.41) is 15.8. The minimum absolute atomic E-state index is 0.0261. The monoisotopic (exact) mass is 542 g/mol. The maximum absolute atomic E-state index is 14.3. The van der Waals surface area contributed by atoms with Crippen molar-refractivity contribution in [3.8, 4) is 0 Å². The van der Waals surface area contributed by atoms with Crippen LogP contribution in [0.25, 0.3) is 0 Å². The molecule has 0 heterocycles. The number of nitrogens with zero attached hydrogens (tertiary/aromatic N) is 1. The van der Waals surface area contributed by atoms with Gasteiger partial charge in [-0.2, -0.15) is 0 Å². The Labute approximate surface area is 219 Å². The van der Waals surface area contributed by atoms with Gasteiger partial charge >= 0.3 is 12.1 Å². The average molecular weight is 543 g/mol. The maximum Gasteiger partial charge on any atom is 0.408 e. The highest BCUT2D eigenvalue weighted by Gasteiger charge is 2.50. The molecular formula is C24H36F2N6O6. The number of amides is 3. The molecule has 0 fully saturated rings. The molecule has 0 unspecified atom stereocenters. The van der Waals surface area contributed by atoms with Gasteiger partial charge in [-0.05, 0) is 37.7 Å². The van der Waals surface area contributed by atoms with Crippen molar-refractivity contribution in [3.63, 3.8) is 0 Å². The number of hydrogen-bond acceptors (Lipinski definition) is 6. The van der Waals surface area contributed by atoms with Gasteiger partial charge in [-0.1, -0.05) is 44.2 Å². The van der Waals surface area contributed by atoms with Gasteiger partial charge in [0.1, 0.15) is 18.7 Å². The smallest absolute Gasteiger partial charge is 0.408 e. The van der Waals surface area contributed by atoms with Crippen molar-refractivity contribution < 1.29 is 37.8 Å². The molecule has 12 nitrogen and oxygen atoms in total. The summed E-state index contributed by atoms with van der Waals surface area (Å²) in [6.07, 6.45) is -4.86. The van der Waals surface area contributed by atoms with Gasteiger partial charge in [0, 0.05) is 6.54 Å². The second-order valence-electron chi connectivity index (χ2n) is 9.10. The number of nitrogens with two attached hydrogens (primary N) is 2. The van der Waals surface area contributed by atoms with E-state index in [9.17, 15) is 33.1 Å². The fourth-order valence-electron chi connectivity index (χ4n) is 3.48. The van der Waals surface area contributed by atoms with Crippen molar-refractivity contribution in [2.45, 2.75) is 70.7 Å². The minimum atomic E-state index is -3.35. The lowest BCUT2D eigenvalue weighted by atomic mass is 9.87. The number of rotatable bonds is 15. The molecule has 38 heavy (non-hydrogen) atoms. The average Bonchev–Trinajstić information content (AvgIpc) is 2.83. The van der Waals surface area contributed by atoms with Crippen molar-refractivity contribution in [2.24, 2.45) is 22.4 Å². The van der Waals surface area contributed by atoms with Crippen molar-refractivity contribution in [1.82, 2.24) is 16.0 Å². The number of carbonyl (C=O) groups excluding carboxylic acids is 3. The number of nitrogens with one attached hydrogen (secondary N) is 3. The number of halogens is 2. The van der Waals surface area contributed by atoms with E-state index in [0.29, 0.717) is 5.56 Å². The van der Waals surface area contributed by atoms with E-state index in [-0.39, 0.29) is 32.0 Å². The Morgan fingerprint density at radius 3 is 2.24 bits per heavy atom. The van der Waals surface area contributed by atoms with Gasteiger partial charge in [-0.15, -0.1) is 0 Å². The van der Waals surface area contributed by atoms with Crippen LogP contribution in [0.5, 0.6) is 0 Å². The molecule has 0 aliphatic heterocycles. The molecule has 0 saturated heterocycles. The summed E-state index contributed by atoms with van der Waals surface area (Å²) in [6, 6.07) is 5.75. The number of carboxylic acids is 1. The number of benzene rings is 1. The minimum Gasteiger partial charge on any atom is -0.480 e. The van der Waals surface area contributed by atoms with E-state index in [1.54, 1.807) is 44.2 Å². The lowest BCUT2D eigenvalue weighted by molar-refractivity contribution is -0.143. The number of carboxylic acid groups (broad SMARTS) is 1. The predicted molar refractivity (Wildman–Crippen MR) is 135 cm³/mol. The molecule has 0 radical (unpaired) electrons. The third-order valence-electron chi connectivity index (χ3n) is 5.35. The fraction of sp³-hybridized carbons (Fsp3) is 0.542. The zero-order chi connectivity index (χ0) is 28.9. The number of carbonyl (C=O) groups is 4. The summed E-state index contributed by atoms with van der Waals surface area (Å²) in [7, 11) is 0. The first-order chi connectivity index (χ1) is 17.8. The summed E-state index contributed by atoms with van der Waals surface area (Å²) in [4.78, 5) is 53.3. The molecule has 3 atom stereocenters. The van der Waals surface area contributed by atoms with E-state index in [2.05, 4.69) is 15.6 Å². The van der Waals surface area contributed by atoms with Gasteiger partial charge in [0.2, 0.25) is 5.91 Å². The number of aliphatic carboxylic acids is 1. The number of alkyl halides is 2. The molecule has 0 saturated carbocycles. The van der Waals surface area contributed by atoms with Crippen molar-refractivity contribution >= 4 is 29.8 Å². The zero-order valence-corrected chi connectivity index (χ0v) is 21.6. The first-order valence-corrected chi connectivity index (χ1v) is 11.9. The fourth-order valence-corrected chi connectivity index (χ4v) is 3.48. The van der Waals surface area contributed by atoms with E-state index >= 15 is 0 Å². The second-order valence-corrected chi connectivity index (χ2v) is 9.10. The lowest BCUT2D eigenvalue weighted by Gasteiger charge is -2.34. The molecule has 212 valence electrons. The van der Waals surface area contributed by atoms with Crippen LogP contribution in [0.2, 0.25) is 0 Å². The first kappa shape index (κ1) is 32.1. The Kier molecular flexibility index (Phi) is 12.9. The molecule has 0 aromatic heterocycles. The Hall–Kier alpha value is -3.97. The van der Waals surface area contributed by atoms with Crippen LogP contribution >= 0.6 is 0 Å². The molecule has 1 aromatic carbocycles. The molecule has 1 rings (SSSR count). The summed E-state index contributed by atoms with van der Waals surface area (Å²) in [5.41, 5.74) is 8.32. The van der Waals surface area contributed by atoms with Crippen molar-refractivity contribution in [3.05, 3.63) is 35.9 Å². The van der Waals surface area contributed by atoms with Crippen LogP contribution < -0.4 is 27.4 Å². The standard InChI is InChI=1S/C24H36F2N6O6/c1-14(2)12-24(20(25)26,32-23(37)38-13-16-8-5-4-6-9-16)21(36)30-15(3)18(33)31-17(19(34)35)10-7-11-29-22(27)28/h4-6,8-9,14-15,17,20H,7,10-13H2,1-3H3,(H,30,36)(H,31,33)(H,32,37)(H,34,35)(H4,27,28,29)/t15-,17-,24-/m0/s1. The summed E-state index contributed by atoms with van der Waals surface area (Å²) in [5.74, 6) is -4.22. The van der Waals surface area contributed by atoms with E-state index in [0.717, 1.165) is 0 Å². The lowest BCUT2D eigenvalue weighted by Crippen LogP contribution is -2.66. The number of guanidine groups is 1. The molecular weight excluding hydrogens is 506 g/mol. The van der Waals surface area contributed by atoms with Crippen molar-refractivity contribution in [2.75, 3.05) is 6.54 Å². The largest absolute Gasteiger partial charge is 0.480 e. The van der Waals surface area contributed by atoms with Gasteiger partial charge in [0.25, 0.3) is 12.3 Å². The third kappa shape index (κ3) is 10.6. The highest BCUT2D eigenvalue weighted by molar-refractivity contribution is 5.95. The van der Waals surface area contributed by atoms with Crippen LogP contribution in [-0.2, 0) is 25.7 Å². The first-order valence-electron chi connectivity index (χ1n) is 11.9. The number of hydrogen-bond donors (Lipinski definition) is 6. The van der Waals surface area contributed by atoms with Crippen LogP contribution in [-0.4, -0.2) is 65.5 Å². The molecule has 0 spiro atoms.